The number of carbonyl (C=O) groups is 1. The highest BCUT2D eigenvalue weighted by molar-refractivity contribution is 5.91. The first-order valence-corrected chi connectivity index (χ1v) is 5.59. The van der Waals surface area contributed by atoms with E-state index in [2.05, 4.69) is 17.2 Å². The van der Waals surface area contributed by atoms with Crippen molar-refractivity contribution in [1.29, 1.82) is 0 Å². The number of pyridine rings is 1. The van der Waals surface area contributed by atoms with Crippen molar-refractivity contribution in [3.05, 3.63) is 24.0 Å². The van der Waals surface area contributed by atoms with E-state index >= 15 is 0 Å². The van der Waals surface area contributed by atoms with E-state index in [1.807, 2.05) is 6.07 Å². The Balaban J connectivity index is 1.98. The third-order valence-corrected chi connectivity index (χ3v) is 3.29. The van der Waals surface area contributed by atoms with Crippen LogP contribution in [0.2, 0.25) is 0 Å². The van der Waals surface area contributed by atoms with Gasteiger partial charge in [0, 0.05) is 18.4 Å². The Labute approximate surface area is 95.3 Å². The van der Waals surface area contributed by atoms with Crippen LogP contribution in [0.5, 0.6) is 0 Å². The molecule has 2 rings (SSSR count). The zero-order valence-electron chi connectivity index (χ0n) is 9.49. The maximum Gasteiger partial charge on any atom is 0.267 e. The first kappa shape index (κ1) is 10.9. The van der Waals surface area contributed by atoms with Gasteiger partial charge in [-0.3, -0.25) is 9.78 Å². The van der Waals surface area contributed by atoms with Crippen LogP contribution in [0.25, 0.3) is 0 Å². The summed E-state index contributed by atoms with van der Waals surface area (Å²) in [5.74, 6) is -0.487. The van der Waals surface area contributed by atoms with Gasteiger partial charge in [0.15, 0.2) is 0 Å². The van der Waals surface area contributed by atoms with E-state index in [0.717, 1.165) is 12.2 Å². The van der Waals surface area contributed by atoms with Gasteiger partial charge in [0.25, 0.3) is 5.91 Å². The van der Waals surface area contributed by atoms with Crippen molar-refractivity contribution in [2.24, 2.45) is 11.1 Å². The molecule has 0 unspecified atom stereocenters. The molecular formula is C12H17N3O. The highest BCUT2D eigenvalue weighted by atomic mass is 16.1. The summed E-state index contributed by atoms with van der Waals surface area (Å²) in [6.07, 6.45) is 5.47. The predicted octanol–water partition coefficient (Wildman–Crippen LogP) is 1.78. The van der Waals surface area contributed by atoms with Crippen molar-refractivity contribution < 1.29 is 4.79 Å². The van der Waals surface area contributed by atoms with Crippen molar-refractivity contribution in [3.63, 3.8) is 0 Å². The lowest BCUT2D eigenvalue weighted by molar-refractivity contribution is 0.0995. The molecule has 1 saturated carbocycles. The molecule has 3 N–H and O–H groups in total. The molecular weight excluding hydrogens is 202 g/mol. The fraction of sp³-hybridized carbons (Fsp3) is 0.500. The third kappa shape index (κ3) is 2.32. The highest BCUT2D eigenvalue weighted by Gasteiger charge is 2.31. The van der Waals surface area contributed by atoms with Crippen LogP contribution in [-0.2, 0) is 0 Å². The molecule has 1 aromatic heterocycles. The van der Waals surface area contributed by atoms with Crippen LogP contribution in [0.3, 0.4) is 0 Å². The Bertz CT molecular complexity index is 399. The highest BCUT2D eigenvalue weighted by Crippen LogP contribution is 2.40. The van der Waals surface area contributed by atoms with E-state index in [-0.39, 0.29) is 0 Å². The Kier molecular flexibility index (Phi) is 2.81. The number of primary amides is 1. The number of nitrogens with zero attached hydrogens (tertiary/aromatic N) is 1. The molecule has 0 radical (unpaired) electrons. The topological polar surface area (TPSA) is 68.0 Å². The number of aromatic nitrogens is 1. The molecule has 0 aliphatic heterocycles. The van der Waals surface area contributed by atoms with E-state index < -0.39 is 5.91 Å². The number of nitrogens with one attached hydrogen (secondary N) is 1. The molecule has 1 aromatic rings. The van der Waals surface area contributed by atoms with Gasteiger partial charge in [0.05, 0.1) is 0 Å². The van der Waals surface area contributed by atoms with Gasteiger partial charge < -0.3 is 11.1 Å². The molecule has 1 aliphatic carbocycles. The molecule has 0 bridgehead atoms. The number of carbonyl (C=O) groups excluding carboxylic acids is 1. The van der Waals surface area contributed by atoms with E-state index in [0.29, 0.717) is 11.1 Å². The second kappa shape index (κ2) is 4.12. The average molecular weight is 219 g/mol. The number of amides is 1. The van der Waals surface area contributed by atoms with Gasteiger partial charge in [-0.25, -0.2) is 0 Å². The summed E-state index contributed by atoms with van der Waals surface area (Å²) in [5, 5.41) is 3.33. The lowest BCUT2D eigenvalue weighted by atomic mass is 9.70. The van der Waals surface area contributed by atoms with E-state index in [1.54, 1.807) is 12.3 Å². The Morgan fingerprint density at radius 2 is 2.38 bits per heavy atom. The predicted molar refractivity (Wildman–Crippen MR) is 63.2 cm³/mol. The maximum absolute atomic E-state index is 11.0. The zero-order chi connectivity index (χ0) is 11.6. The van der Waals surface area contributed by atoms with Crippen LogP contribution in [0.15, 0.2) is 18.3 Å². The van der Waals surface area contributed by atoms with Crippen LogP contribution in [0.4, 0.5) is 5.69 Å². The molecule has 86 valence electrons. The van der Waals surface area contributed by atoms with E-state index in [9.17, 15) is 4.79 Å². The molecule has 0 spiro atoms. The SMILES string of the molecule is CC1(CNc2ccnc(C(N)=O)c2)CCC1. The molecule has 1 aliphatic rings. The summed E-state index contributed by atoms with van der Waals surface area (Å²) < 4.78 is 0. The molecule has 16 heavy (non-hydrogen) atoms. The van der Waals surface area contributed by atoms with E-state index in [4.69, 9.17) is 5.73 Å². The molecule has 4 nitrogen and oxygen atoms in total. The normalized spacial score (nSPS) is 17.6. The van der Waals surface area contributed by atoms with Crippen LogP contribution < -0.4 is 11.1 Å². The number of nitrogens with two attached hydrogens (primary N) is 1. The standard InChI is InChI=1S/C12H17N3O/c1-12(4-2-5-12)8-15-9-3-6-14-10(7-9)11(13)16/h3,6-7H,2,4-5,8H2,1H3,(H2,13,16)(H,14,15). The summed E-state index contributed by atoms with van der Waals surface area (Å²) in [6.45, 7) is 3.22. The summed E-state index contributed by atoms with van der Waals surface area (Å²) in [7, 11) is 0. The molecule has 0 aromatic carbocycles. The van der Waals surface area contributed by atoms with Crippen LogP contribution in [0.1, 0.15) is 36.7 Å². The maximum atomic E-state index is 11.0. The van der Waals surface area contributed by atoms with E-state index in [1.165, 1.54) is 19.3 Å². The average Bonchev–Trinajstić information content (AvgIpc) is 2.24. The minimum Gasteiger partial charge on any atom is -0.384 e. The van der Waals surface area contributed by atoms with Gasteiger partial charge >= 0.3 is 0 Å². The van der Waals surface area contributed by atoms with Crippen molar-refractivity contribution >= 4 is 11.6 Å². The van der Waals surface area contributed by atoms with Crippen LogP contribution in [0, 0.1) is 5.41 Å². The van der Waals surface area contributed by atoms with Crippen molar-refractivity contribution in [2.75, 3.05) is 11.9 Å². The fourth-order valence-corrected chi connectivity index (χ4v) is 1.95. The summed E-state index contributed by atoms with van der Waals surface area (Å²) in [6, 6.07) is 3.55. The Hall–Kier alpha value is -1.58. The van der Waals surface area contributed by atoms with Crippen LogP contribution >= 0.6 is 0 Å². The van der Waals surface area contributed by atoms with Crippen molar-refractivity contribution in [1.82, 2.24) is 4.98 Å². The Morgan fingerprint density at radius 3 is 2.94 bits per heavy atom. The zero-order valence-corrected chi connectivity index (χ0v) is 9.49. The summed E-state index contributed by atoms with van der Waals surface area (Å²) in [4.78, 5) is 14.9. The van der Waals surface area contributed by atoms with Crippen LogP contribution in [-0.4, -0.2) is 17.4 Å². The number of rotatable bonds is 4. The lowest BCUT2D eigenvalue weighted by Gasteiger charge is -2.38. The molecule has 0 atom stereocenters. The largest absolute Gasteiger partial charge is 0.384 e. The van der Waals surface area contributed by atoms with Gasteiger partial charge in [0.1, 0.15) is 5.69 Å². The first-order valence-electron chi connectivity index (χ1n) is 5.59. The Morgan fingerprint density at radius 1 is 1.62 bits per heavy atom. The summed E-state index contributed by atoms with van der Waals surface area (Å²) >= 11 is 0. The summed E-state index contributed by atoms with van der Waals surface area (Å²) in [5.41, 5.74) is 6.81. The smallest absolute Gasteiger partial charge is 0.267 e. The fourth-order valence-electron chi connectivity index (χ4n) is 1.95. The minimum absolute atomic E-state index is 0.309. The minimum atomic E-state index is -0.487. The second-order valence-corrected chi connectivity index (χ2v) is 4.81. The van der Waals surface area contributed by atoms with Crippen molar-refractivity contribution in [3.8, 4) is 0 Å². The number of anilines is 1. The molecule has 1 amide bonds. The molecule has 1 heterocycles. The van der Waals surface area contributed by atoms with Gasteiger partial charge in [-0.15, -0.1) is 0 Å². The first-order chi connectivity index (χ1) is 7.59. The number of hydrogen-bond donors (Lipinski definition) is 2. The quantitative estimate of drug-likeness (QED) is 0.811. The van der Waals surface area contributed by atoms with Gasteiger partial charge in [0.2, 0.25) is 0 Å². The van der Waals surface area contributed by atoms with Gasteiger partial charge in [-0.2, -0.15) is 0 Å². The van der Waals surface area contributed by atoms with Gasteiger partial charge in [-0.05, 0) is 30.4 Å². The second-order valence-electron chi connectivity index (χ2n) is 4.81. The monoisotopic (exact) mass is 219 g/mol. The van der Waals surface area contributed by atoms with Gasteiger partial charge in [-0.1, -0.05) is 13.3 Å². The molecule has 0 saturated heterocycles. The molecule has 4 heteroatoms. The van der Waals surface area contributed by atoms with Crippen molar-refractivity contribution in [2.45, 2.75) is 26.2 Å². The third-order valence-electron chi connectivity index (χ3n) is 3.29. The molecule has 1 fully saturated rings. The lowest BCUT2D eigenvalue weighted by Crippen LogP contribution is -2.33. The number of hydrogen-bond acceptors (Lipinski definition) is 3.